The molecule has 0 unspecified atom stereocenters. The number of hydrogen-bond acceptors (Lipinski definition) is 5. The van der Waals surface area contributed by atoms with Gasteiger partial charge in [-0.05, 0) is 12.1 Å². The summed E-state index contributed by atoms with van der Waals surface area (Å²) in [5.74, 6) is -0.0895. The summed E-state index contributed by atoms with van der Waals surface area (Å²) in [5, 5.41) is 0. The maximum absolute atomic E-state index is 11.4. The fraction of sp³-hybridized carbons (Fsp3) is 0.0833. The average Bonchev–Trinajstić information content (AvgIpc) is 2.39. The van der Waals surface area contributed by atoms with Gasteiger partial charge >= 0.3 is 5.97 Å². The second-order valence-corrected chi connectivity index (χ2v) is 3.39. The molecule has 0 amide bonds. The van der Waals surface area contributed by atoms with E-state index in [1.54, 1.807) is 24.5 Å². The Labute approximate surface area is 98.3 Å². The third-order valence-electron chi connectivity index (χ3n) is 2.31. The van der Waals surface area contributed by atoms with Crippen LogP contribution < -0.4 is 5.73 Å². The van der Waals surface area contributed by atoms with E-state index in [2.05, 4.69) is 14.7 Å². The van der Waals surface area contributed by atoms with Crippen molar-refractivity contribution >= 4 is 11.8 Å². The smallest absolute Gasteiger partial charge is 0.339 e. The van der Waals surface area contributed by atoms with E-state index in [4.69, 9.17) is 5.73 Å². The third kappa shape index (κ3) is 2.23. The summed E-state index contributed by atoms with van der Waals surface area (Å²) in [5.41, 5.74) is 7.61. The van der Waals surface area contributed by atoms with Crippen LogP contribution >= 0.6 is 0 Å². The van der Waals surface area contributed by atoms with Crippen molar-refractivity contribution in [3.8, 4) is 11.1 Å². The molecule has 0 aliphatic carbocycles. The first kappa shape index (κ1) is 11.1. The summed E-state index contributed by atoms with van der Waals surface area (Å²) >= 11 is 0. The normalized spacial score (nSPS) is 9.94. The molecule has 0 bridgehead atoms. The van der Waals surface area contributed by atoms with Gasteiger partial charge in [-0.15, -0.1) is 0 Å². The first-order valence-electron chi connectivity index (χ1n) is 4.96. The number of hydrogen-bond donors (Lipinski definition) is 1. The zero-order valence-electron chi connectivity index (χ0n) is 9.25. The fourth-order valence-electron chi connectivity index (χ4n) is 1.46. The first-order valence-corrected chi connectivity index (χ1v) is 4.96. The van der Waals surface area contributed by atoms with Gasteiger partial charge < -0.3 is 10.5 Å². The van der Waals surface area contributed by atoms with Crippen LogP contribution in [0.15, 0.2) is 36.8 Å². The molecule has 0 fully saturated rings. The number of carbonyl (C=O) groups is 1. The van der Waals surface area contributed by atoms with Crippen LogP contribution in [0.3, 0.4) is 0 Å². The summed E-state index contributed by atoms with van der Waals surface area (Å²) < 4.78 is 4.63. The number of carbonyl (C=O) groups excluding carboxylic acids is 1. The van der Waals surface area contributed by atoms with E-state index in [0.717, 1.165) is 5.56 Å². The SMILES string of the molecule is COC(=O)c1cnc(N)c(-c2cccnc2)c1. The van der Waals surface area contributed by atoms with Gasteiger partial charge in [0.05, 0.1) is 12.7 Å². The Morgan fingerprint density at radius 1 is 1.41 bits per heavy atom. The summed E-state index contributed by atoms with van der Waals surface area (Å²) in [6.45, 7) is 0. The van der Waals surface area contributed by atoms with Crippen molar-refractivity contribution in [2.45, 2.75) is 0 Å². The van der Waals surface area contributed by atoms with Gasteiger partial charge in [-0.2, -0.15) is 0 Å². The van der Waals surface area contributed by atoms with E-state index >= 15 is 0 Å². The van der Waals surface area contributed by atoms with Crippen LogP contribution in [-0.4, -0.2) is 23.0 Å². The Hall–Kier alpha value is -2.43. The lowest BCUT2D eigenvalue weighted by atomic mass is 10.1. The molecule has 0 saturated carbocycles. The van der Waals surface area contributed by atoms with Gasteiger partial charge in [0.1, 0.15) is 5.82 Å². The van der Waals surface area contributed by atoms with Gasteiger partial charge in [-0.3, -0.25) is 4.98 Å². The van der Waals surface area contributed by atoms with Crippen LogP contribution in [-0.2, 0) is 4.74 Å². The second kappa shape index (κ2) is 4.61. The minimum Gasteiger partial charge on any atom is -0.465 e. The highest BCUT2D eigenvalue weighted by Gasteiger charge is 2.10. The molecule has 2 rings (SSSR count). The lowest BCUT2D eigenvalue weighted by Crippen LogP contribution is -2.04. The Morgan fingerprint density at radius 2 is 2.24 bits per heavy atom. The number of nitrogens with two attached hydrogens (primary N) is 1. The molecular weight excluding hydrogens is 218 g/mol. The minimum atomic E-state index is -0.442. The Morgan fingerprint density at radius 3 is 2.88 bits per heavy atom. The maximum atomic E-state index is 11.4. The Balaban J connectivity index is 2.50. The van der Waals surface area contributed by atoms with E-state index in [9.17, 15) is 4.79 Å². The zero-order valence-corrected chi connectivity index (χ0v) is 9.25. The number of rotatable bonds is 2. The Kier molecular flexibility index (Phi) is 3.00. The summed E-state index contributed by atoms with van der Waals surface area (Å²) in [7, 11) is 1.32. The summed E-state index contributed by atoms with van der Waals surface area (Å²) in [6, 6.07) is 5.28. The summed E-state index contributed by atoms with van der Waals surface area (Å²) in [4.78, 5) is 19.4. The zero-order chi connectivity index (χ0) is 12.3. The number of nitrogens with zero attached hydrogens (tertiary/aromatic N) is 2. The molecule has 17 heavy (non-hydrogen) atoms. The molecule has 0 aliphatic rings. The standard InChI is InChI=1S/C12H11N3O2/c1-17-12(16)9-5-10(11(13)15-7-9)8-3-2-4-14-6-8/h2-7H,1H3,(H2,13,15). The number of aromatic nitrogens is 2. The van der Waals surface area contributed by atoms with Gasteiger partial charge in [0.15, 0.2) is 0 Å². The highest BCUT2D eigenvalue weighted by molar-refractivity contribution is 5.91. The first-order chi connectivity index (χ1) is 8.22. The van der Waals surface area contributed by atoms with Crippen LogP contribution in [0.25, 0.3) is 11.1 Å². The molecule has 0 spiro atoms. The van der Waals surface area contributed by atoms with E-state index in [1.807, 2.05) is 6.07 Å². The molecule has 86 valence electrons. The van der Waals surface area contributed by atoms with Crippen molar-refractivity contribution in [2.75, 3.05) is 12.8 Å². The molecule has 2 N–H and O–H groups in total. The molecule has 0 saturated heterocycles. The molecule has 0 atom stereocenters. The molecule has 2 heterocycles. The van der Waals surface area contributed by atoms with Crippen LogP contribution in [0.5, 0.6) is 0 Å². The molecule has 5 nitrogen and oxygen atoms in total. The summed E-state index contributed by atoms with van der Waals surface area (Å²) in [6.07, 6.45) is 4.72. The van der Waals surface area contributed by atoms with Gasteiger partial charge in [0.2, 0.25) is 0 Å². The number of esters is 1. The molecule has 2 aromatic rings. The monoisotopic (exact) mass is 229 g/mol. The van der Waals surface area contributed by atoms with Crippen LogP contribution in [0, 0.1) is 0 Å². The van der Waals surface area contributed by atoms with E-state index in [1.165, 1.54) is 13.3 Å². The minimum absolute atomic E-state index is 0.352. The number of anilines is 1. The van der Waals surface area contributed by atoms with Crippen molar-refractivity contribution < 1.29 is 9.53 Å². The van der Waals surface area contributed by atoms with Gasteiger partial charge in [-0.25, -0.2) is 9.78 Å². The lowest BCUT2D eigenvalue weighted by Gasteiger charge is -2.06. The highest BCUT2D eigenvalue weighted by atomic mass is 16.5. The third-order valence-corrected chi connectivity index (χ3v) is 2.31. The average molecular weight is 229 g/mol. The molecule has 0 aromatic carbocycles. The fourth-order valence-corrected chi connectivity index (χ4v) is 1.46. The van der Waals surface area contributed by atoms with Crippen LogP contribution in [0.2, 0.25) is 0 Å². The number of methoxy groups -OCH3 is 1. The topological polar surface area (TPSA) is 78.1 Å². The van der Waals surface area contributed by atoms with Gasteiger partial charge in [0.25, 0.3) is 0 Å². The van der Waals surface area contributed by atoms with Crippen molar-refractivity contribution in [1.82, 2.24) is 9.97 Å². The van der Waals surface area contributed by atoms with Crippen molar-refractivity contribution in [1.29, 1.82) is 0 Å². The van der Waals surface area contributed by atoms with Crippen molar-refractivity contribution in [3.63, 3.8) is 0 Å². The van der Waals surface area contributed by atoms with Gasteiger partial charge in [-0.1, -0.05) is 6.07 Å². The van der Waals surface area contributed by atoms with E-state index in [-0.39, 0.29) is 0 Å². The molecule has 0 aliphatic heterocycles. The van der Waals surface area contributed by atoms with E-state index < -0.39 is 5.97 Å². The number of pyridine rings is 2. The van der Waals surface area contributed by atoms with Gasteiger partial charge in [0, 0.05) is 29.7 Å². The molecule has 5 heteroatoms. The predicted octanol–water partition coefficient (Wildman–Crippen LogP) is 1.51. The molecule has 0 radical (unpaired) electrons. The molecular formula is C12H11N3O2. The second-order valence-electron chi connectivity index (χ2n) is 3.39. The molecule has 2 aromatic heterocycles. The maximum Gasteiger partial charge on any atom is 0.339 e. The largest absolute Gasteiger partial charge is 0.465 e. The van der Waals surface area contributed by atoms with Crippen LogP contribution in [0.4, 0.5) is 5.82 Å². The van der Waals surface area contributed by atoms with E-state index in [0.29, 0.717) is 16.9 Å². The predicted molar refractivity (Wildman–Crippen MR) is 63.2 cm³/mol. The van der Waals surface area contributed by atoms with Crippen molar-refractivity contribution in [2.24, 2.45) is 0 Å². The lowest BCUT2D eigenvalue weighted by molar-refractivity contribution is 0.0600. The van der Waals surface area contributed by atoms with Crippen LogP contribution in [0.1, 0.15) is 10.4 Å². The number of ether oxygens (including phenoxy) is 1. The highest BCUT2D eigenvalue weighted by Crippen LogP contribution is 2.24. The Bertz CT molecular complexity index is 541. The quantitative estimate of drug-likeness (QED) is 0.790. The van der Waals surface area contributed by atoms with Crippen molar-refractivity contribution in [3.05, 3.63) is 42.4 Å². The number of nitrogen functional groups attached to an aromatic ring is 1.